The molecule has 1 heterocycles. The van der Waals surface area contributed by atoms with Gasteiger partial charge in [0.2, 0.25) is 0 Å². The van der Waals surface area contributed by atoms with Gasteiger partial charge in [-0.25, -0.2) is 0 Å². The van der Waals surface area contributed by atoms with Crippen molar-refractivity contribution in [2.45, 2.75) is 6.54 Å². The normalized spacial score (nSPS) is 10.5. The van der Waals surface area contributed by atoms with Crippen molar-refractivity contribution in [3.63, 3.8) is 0 Å². The predicted octanol–water partition coefficient (Wildman–Crippen LogP) is 1.19. The van der Waals surface area contributed by atoms with Crippen LogP contribution >= 0.6 is 0 Å². The van der Waals surface area contributed by atoms with Gasteiger partial charge in [0.15, 0.2) is 18.1 Å². The molecule has 1 N–H and O–H groups in total. The molecule has 0 fully saturated rings. The van der Waals surface area contributed by atoms with Crippen molar-refractivity contribution >= 4 is 16.9 Å². The van der Waals surface area contributed by atoms with Crippen molar-refractivity contribution in [2.75, 3.05) is 20.8 Å². The highest BCUT2D eigenvalue weighted by atomic mass is 16.7. The van der Waals surface area contributed by atoms with Gasteiger partial charge in [-0.05, 0) is 35.0 Å². The van der Waals surface area contributed by atoms with Crippen molar-refractivity contribution in [3.8, 4) is 11.5 Å². The summed E-state index contributed by atoms with van der Waals surface area (Å²) in [5, 5.41) is 10.6. The lowest BCUT2D eigenvalue weighted by Gasteiger charge is -2.10. The molecule has 8 heteroatoms. The number of nitrogens with one attached hydrogen (secondary N) is 1. The lowest BCUT2D eigenvalue weighted by Crippen LogP contribution is -2.31. The number of hydrogen-bond donors (Lipinski definition) is 1. The second-order valence-electron chi connectivity index (χ2n) is 5.19. The number of fused-ring (bicyclic) bond motifs is 1. The van der Waals surface area contributed by atoms with Crippen LogP contribution < -0.4 is 19.6 Å². The third kappa shape index (κ3) is 3.79. The predicted molar refractivity (Wildman–Crippen MR) is 90.4 cm³/mol. The monoisotopic (exact) mass is 342 g/mol. The van der Waals surface area contributed by atoms with E-state index < -0.39 is 0 Å². The van der Waals surface area contributed by atoms with Crippen molar-refractivity contribution in [2.24, 2.45) is 0 Å². The van der Waals surface area contributed by atoms with Crippen molar-refractivity contribution in [1.29, 1.82) is 0 Å². The van der Waals surface area contributed by atoms with Gasteiger partial charge in [0.05, 0.1) is 14.2 Å². The molecule has 3 aromatic rings. The molecule has 0 radical (unpaired) electrons. The summed E-state index contributed by atoms with van der Waals surface area (Å²) in [4.78, 5) is 18.6. The number of amides is 1. The molecule has 25 heavy (non-hydrogen) atoms. The van der Waals surface area contributed by atoms with E-state index in [-0.39, 0.29) is 12.5 Å². The summed E-state index contributed by atoms with van der Waals surface area (Å²) >= 11 is 0. The number of rotatable bonds is 7. The van der Waals surface area contributed by atoms with Crippen LogP contribution in [0.5, 0.6) is 11.5 Å². The van der Waals surface area contributed by atoms with Gasteiger partial charge in [0.1, 0.15) is 11.0 Å². The zero-order valence-electron chi connectivity index (χ0n) is 13.9. The zero-order valence-corrected chi connectivity index (χ0v) is 13.9. The molecule has 1 amide bonds. The Morgan fingerprint density at radius 3 is 2.72 bits per heavy atom. The van der Waals surface area contributed by atoms with E-state index in [1.165, 1.54) is 4.85 Å². The Labute approximate surface area is 144 Å². The number of hydrogen-bond acceptors (Lipinski definition) is 6. The van der Waals surface area contributed by atoms with Crippen molar-refractivity contribution < 1.29 is 19.1 Å². The second kappa shape index (κ2) is 7.52. The van der Waals surface area contributed by atoms with E-state index >= 15 is 0 Å². The Bertz CT molecular complexity index is 878. The first-order chi connectivity index (χ1) is 12.2. The van der Waals surface area contributed by atoms with Gasteiger partial charge in [-0.2, -0.15) is 0 Å². The molecule has 0 bridgehead atoms. The van der Waals surface area contributed by atoms with Gasteiger partial charge in [-0.3, -0.25) is 4.79 Å². The fourth-order valence-electron chi connectivity index (χ4n) is 2.30. The van der Waals surface area contributed by atoms with E-state index in [2.05, 4.69) is 15.6 Å². The highest BCUT2D eigenvalue weighted by Crippen LogP contribution is 2.27. The van der Waals surface area contributed by atoms with Gasteiger partial charge < -0.3 is 19.6 Å². The Kier molecular flexibility index (Phi) is 4.98. The molecule has 0 aliphatic rings. The van der Waals surface area contributed by atoms with E-state index in [0.29, 0.717) is 29.1 Å². The first-order valence-corrected chi connectivity index (χ1v) is 7.62. The fourth-order valence-corrected chi connectivity index (χ4v) is 2.30. The number of carbonyl (C=O) groups excluding carboxylic acids is 1. The summed E-state index contributed by atoms with van der Waals surface area (Å²) in [6.07, 6.45) is 0. The Hall–Kier alpha value is -3.29. The maximum atomic E-state index is 12.0. The molecule has 0 saturated heterocycles. The number of carbonyl (C=O) groups is 1. The molecule has 0 saturated carbocycles. The summed E-state index contributed by atoms with van der Waals surface area (Å²) < 4.78 is 10.4. The summed E-state index contributed by atoms with van der Waals surface area (Å²) in [7, 11) is 3.14. The molecule has 8 nitrogen and oxygen atoms in total. The minimum absolute atomic E-state index is 0.166. The molecule has 2 aromatic carbocycles. The van der Waals surface area contributed by atoms with Gasteiger partial charge >= 0.3 is 0 Å². The third-order valence-electron chi connectivity index (χ3n) is 3.58. The van der Waals surface area contributed by atoms with Crippen LogP contribution in [0.4, 0.5) is 0 Å². The number of nitrogens with zero attached hydrogens (tertiary/aromatic N) is 3. The standard InChI is InChI=1S/C17H18N4O4/c1-23-15-8-7-12(9-16(15)24-2)10-18-17(22)11-25-21-14-6-4-3-5-13(14)19-20-21/h3-9H,10-11H2,1-2H3,(H,18,22). The lowest BCUT2D eigenvalue weighted by molar-refractivity contribution is -0.126. The third-order valence-corrected chi connectivity index (χ3v) is 3.58. The minimum atomic E-state index is -0.269. The Morgan fingerprint density at radius 1 is 1.12 bits per heavy atom. The first-order valence-electron chi connectivity index (χ1n) is 7.62. The number of aromatic nitrogens is 3. The number of ether oxygens (including phenoxy) is 2. The molecule has 1 aromatic heterocycles. The average molecular weight is 342 g/mol. The molecule has 0 spiro atoms. The lowest BCUT2D eigenvalue weighted by atomic mass is 10.2. The quantitative estimate of drug-likeness (QED) is 0.694. The number of para-hydroxylation sites is 1. The first kappa shape index (κ1) is 16.6. The van der Waals surface area contributed by atoms with E-state index in [0.717, 1.165) is 5.56 Å². The van der Waals surface area contributed by atoms with Crippen molar-refractivity contribution in [3.05, 3.63) is 48.0 Å². The molecule has 0 aliphatic carbocycles. The van der Waals surface area contributed by atoms with E-state index in [1.807, 2.05) is 36.4 Å². The number of benzene rings is 2. The van der Waals surface area contributed by atoms with Crippen LogP contribution in [0.3, 0.4) is 0 Å². The second-order valence-corrected chi connectivity index (χ2v) is 5.19. The largest absolute Gasteiger partial charge is 0.493 e. The van der Waals surface area contributed by atoms with E-state index in [1.54, 1.807) is 20.3 Å². The van der Waals surface area contributed by atoms with Gasteiger partial charge in [0.25, 0.3) is 5.91 Å². The average Bonchev–Trinajstić information content (AvgIpc) is 3.07. The van der Waals surface area contributed by atoms with E-state index in [9.17, 15) is 4.79 Å². The summed E-state index contributed by atoms with van der Waals surface area (Å²) in [5.41, 5.74) is 2.29. The zero-order chi connectivity index (χ0) is 17.6. The molecule has 130 valence electrons. The van der Waals surface area contributed by atoms with Crippen LogP contribution in [0.2, 0.25) is 0 Å². The van der Waals surface area contributed by atoms with Crippen LogP contribution in [0.25, 0.3) is 11.0 Å². The number of methoxy groups -OCH3 is 2. The summed E-state index contributed by atoms with van der Waals surface area (Å²) in [5.74, 6) is 0.980. The van der Waals surface area contributed by atoms with Gasteiger partial charge in [-0.15, -0.1) is 5.10 Å². The fraction of sp³-hybridized carbons (Fsp3) is 0.235. The van der Waals surface area contributed by atoms with Crippen LogP contribution in [0.1, 0.15) is 5.56 Å². The van der Waals surface area contributed by atoms with Crippen LogP contribution in [0.15, 0.2) is 42.5 Å². The molecule has 3 rings (SSSR count). The van der Waals surface area contributed by atoms with Crippen LogP contribution in [-0.4, -0.2) is 41.9 Å². The Balaban J connectivity index is 1.54. The van der Waals surface area contributed by atoms with Gasteiger partial charge in [-0.1, -0.05) is 23.0 Å². The topological polar surface area (TPSA) is 87.5 Å². The highest BCUT2D eigenvalue weighted by molar-refractivity contribution is 5.77. The SMILES string of the molecule is COc1ccc(CNC(=O)COn2nnc3ccccc32)cc1OC. The molecule has 0 aliphatic heterocycles. The molecule has 0 unspecified atom stereocenters. The van der Waals surface area contributed by atoms with E-state index in [4.69, 9.17) is 14.3 Å². The summed E-state index contributed by atoms with van der Waals surface area (Å²) in [6, 6.07) is 12.8. The molecular formula is C17H18N4O4. The maximum absolute atomic E-state index is 12.0. The van der Waals surface area contributed by atoms with Crippen molar-refractivity contribution in [1.82, 2.24) is 20.5 Å². The molecular weight excluding hydrogens is 324 g/mol. The summed E-state index contributed by atoms with van der Waals surface area (Å²) in [6.45, 7) is 0.182. The van der Waals surface area contributed by atoms with Crippen LogP contribution in [-0.2, 0) is 11.3 Å². The van der Waals surface area contributed by atoms with Crippen LogP contribution in [0, 0.1) is 0 Å². The maximum Gasteiger partial charge on any atom is 0.261 e. The van der Waals surface area contributed by atoms with Gasteiger partial charge in [0, 0.05) is 6.54 Å². The highest BCUT2D eigenvalue weighted by Gasteiger charge is 2.09. The Morgan fingerprint density at radius 2 is 1.92 bits per heavy atom. The molecule has 0 atom stereocenters. The smallest absolute Gasteiger partial charge is 0.261 e. The minimum Gasteiger partial charge on any atom is -0.493 e.